The van der Waals surface area contributed by atoms with E-state index < -0.39 is 11.8 Å². The summed E-state index contributed by atoms with van der Waals surface area (Å²) in [5, 5.41) is 15.1. The van der Waals surface area contributed by atoms with E-state index in [0.717, 1.165) is 28.2 Å². The molecular weight excluding hydrogens is 459 g/mol. The molecule has 36 heavy (non-hydrogen) atoms. The third-order valence-corrected chi connectivity index (χ3v) is 6.08. The minimum Gasteiger partial charge on any atom is -0.481 e. The van der Waals surface area contributed by atoms with Crippen LogP contribution in [0.2, 0.25) is 0 Å². The molecule has 1 aliphatic heterocycles. The van der Waals surface area contributed by atoms with Crippen molar-refractivity contribution >= 4 is 34.5 Å². The van der Waals surface area contributed by atoms with Crippen molar-refractivity contribution in [3.05, 3.63) is 102 Å². The summed E-state index contributed by atoms with van der Waals surface area (Å²) >= 11 is 0. The van der Waals surface area contributed by atoms with E-state index in [9.17, 15) is 14.0 Å². The maximum Gasteiger partial charge on any atom is 0.303 e. The van der Waals surface area contributed by atoms with E-state index in [1.165, 1.54) is 12.1 Å². The van der Waals surface area contributed by atoms with Gasteiger partial charge in [-0.15, -0.1) is 0 Å². The zero-order chi connectivity index (χ0) is 25.2. The lowest BCUT2D eigenvalue weighted by Gasteiger charge is -2.16. The van der Waals surface area contributed by atoms with E-state index >= 15 is 0 Å². The lowest BCUT2D eigenvalue weighted by molar-refractivity contribution is -0.137. The van der Waals surface area contributed by atoms with Crippen LogP contribution < -0.4 is 10.6 Å². The summed E-state index contributed by atoms with van der Waals surface area (Å²) < 4.78 is 15.7. The molecule has 1 aromatic heterocycles. The van der Waals surface area contributed by atoms with Gasteiger partial charge in [0.25, 0.3) is 5.91 Å². The summed E-state index contributed by atoms with van der Waals surface area (Å²) in [6, 6.07) is 19.3. The highest BCUT2D eigenvalue weighted by Gasteiger charge is 2.29. The molecule has 8 heteroatoms. The van der Waals surface area contributed by atoms with Gasteiger partial charge in [0, 0.05) is 42.7 Å². The highest BCUT2D eigenvalue weighted by molar-refractivity contribution is 6.37. The van der Waals surface area contributed by atoms with Gasteiger partial charge in [0.05, 0.1) is 17.0 Å². The Balaban J connectivity index is 1.54. The Morgan fingerprint density at radius 1 is 1.08 bits per heavy atom. The SMILES string of the molecule is Cn1ccnc1-c1ccc(NC(=C2C(=O)Nc3cc(F)ccc32)c2ccc(CCC(=O)O)cc2)cc1. The van der Waals surface area contributed by atoms with Crippen molar-refractivity contribution in [2.45, 2.75) is 12.8 Å². The molecule has 0 aliphatic carbocycles. The second kappa shape index (κ2) is 9.50. The zero-order valence-corrected chi connectivity index (χ0v) is 19.5. The van der Waals surface area contributed by atoms with Crippen molar-refractivity contribution in [2.75, 3.05) is 10.6 Å². The first-order chi connectivity index (χ1) is 17.4. The van der Waals surface area contributed by atoms with E-state index in [-0.39, 0.29) is 12.3 Å². The van der Waals surface area contributed by atoms with E-state index in [2.05, 4.69) is 15.6 Å². The maximum atomic E-state index is 13.8. The Morgan fingerprint density at radius 3 is 2.50 bits per heavy atom. The lowest BCUT2D eigenvalue weighted by Crippen LogP contribution is -2.10. The molecule has 0 atom stereocenters. The van der Waals surface area contributed by atoms with Gasteiger partial charge in [-0.25, -0.2) is 9.37 Å². The number of hydrogen-bond acceptors (Lipinski definition) is 4. The minimum atomic E-state index is -0.857. The van der Waals surface area contributed by atoms with Crippen LogP contribution in [0.25, 0.3) is 22.7 Å². The third-order valence-electron chi connectivity index (χ3n) is 6.08. The Labute approximate surface area is 206 Å². The summed E-state index contributed by atoms with van der Waals surface area (Å²) in [7, 11) is 1.93. The number of carboxylic acids is 1. The van der Waals surface area contributed by atoms with Gasteiger partial charge in [-0.1, -0.05) is 24.3 Å². The Hall–Kier alpha value is -4.72. The van der Waals surface area contributed by atoms with Gasteiger partial charge in [0.1, 0.15) is 11.6 Å². The number of carbonyl (C=O) groups excluding carboxylic acids is 1. The molecule has 2 heterocycles. The van der Waals surface area contributed by atoms with E-state index in [0.29, 0.717) is 28.9 Å². The fraction of sp³-hybridized carbons (Fsp3) is 0.107. The van der Waals surface area contributed by atoms with Gasteiger partial charge in [-0.2, -0.15) is 0 Å². The van der Waals surface area contributed by atoms with Crippen molar-refractivity contribution in [1.29, 1.82) is 0 Å². The number of aromatic nitrogens is 2. The molecular formula is C28H23FN4O3. The molecule has 0 radical (unpaired) electrons. The van der Waals surface area contributed by atoms with Gasteiger partial charge < -0.3 is 20.3 Å². The van der Waals surface area contributed by atoms with Crippen LogP contribution in [0.5, 0.6) is 0 Å². The smallest absolute Gasteiger partial charge is 0.303 e. The van der Waals surface area contributed by atoms with Gasteiger partial charge in [-0.05, 0) is 60.0 Å². The number of anilines is 2. The second-order valence-corrected chi connectivity index (χ2v) is 8.55. The summed E-state index contributed by atoms with van der Waals surface area (Å²) in [5.41, 5.74) is 5.30. The topological polar surface area (TPSA) is 96.3 Å². The predicted molar refractivity (Wildman–Crippen MR) is 137 cm³/mol. The first-order valence-electron chi connectivity index (χ1n) is 11.4. The number of nitrogens with one attached hydrogen (secondary N) is 2. The Morgan fingerprint density at radius 2 is 1.83 bits per heavy atom. The molecule has 0 saturated carbocycles. The van der Waals surface area contributed by atoms with Crippen molar-refractivity contribution in [2.24, 2.45) is 7.05 Å². The molecule has 1 amide bonds. The zero-order valence-electron chi connectivity index (χ0n) is 19.5. The first kappa shape index (κ1) is 23.0. The van der Waals surface area contributed by atoms with Crippen molar-refractivity contribution in [1.82, 2.24) is 9.55 Å². The number of rotatable bonds is 7. The molecule has 4 aromatic rings. The largest absolute Gasteiger partial charge is 0.481 e. The number of carbonyl (C=O) groups is 2. The maximum absolute atomic E-state index is 13.8. The molecule has 3 aromatic carbocycles. The molecule has 0 bridgehead atoms. The number of fused-ring (bicyclic) bond motifs is 1. The average Bonchev–Trinajstić information content (AvgIpc) is 3.43. The van der Waals surface area contributed by atoms with Crippen LogP contribution in [-0.2, 0) is 23.1 Å². The third kappa shape index (κ3) is 4.61. The van der Waals surface area contributed by atoms with Gasteiger partial charge >= 0.3 is 5.97 Å². The fourth-order valence-electron chi connectivity index (χ4n) is 4.25. The number of imidazole rings is 1. The lowest BCUT2D eigenvalue weighted by atomic mass is 9.98. The number of nitrogens with zero attached hydrogens (tertiary/aromatic N) is 2. The highest BCUT2D eigenvalue weighted by Crippen LogP contribution is 2.38. The number of hydrogen-bond donors (Lipinski definition) is 3. The summed E-state index contributed by atoms with van der Waals surface area (Å²) in [6.45, 7) is 0. The monoisotopic (exact) mass is 482 g/mol. The summed E-state index contributed by atoms with van der Waals surface area (Å²) in [4.78, 5) is 28.3. The van der Waals surface area contributed by atoms with Crippen molar-refractivity contribution in [3.63, 3.8) is 0 Å². The Kier molecular flexibility index (Phi) is 6.08. The summed E-state index contributed by atoms with van der Waals surface area (Å²) in [5.74, 6) is -0.789. The van der Waals surface area contributed by atoms with E-state index in [4.69, 9.17) is 5.11 Å². The van der Waals surface area contributed by atoms with Gasteiger partial charge in [-0.3, -0.25) is 9.59 Å². The van der Waals surface area contributed by atoms with Crippen LogP contribution >= 0.6 is 0 Å². The van der Waals surface area contributed by atoms with Crippen molar-refractivity contribution in [3.8, 4) is 11.4 Å². The van der Waals surface area contributed by atoms with Crippen LogP contribution in [-0.4, -0.2) is 26.5 Å². The quantitative estimate of drug-likeness (QED) is 0.316. The number of halogens is 1. The predicted octanol–water partition coefficient (Wildman–Crippen LogP) is 5.18. The molecule has 5 rings (SSSR count). The number of benzene rings is 3. The summed E-state index contributed by atoms with van der Waals surface area (Å²) in [6.07, 6.45) is 4.06. The molecule has 0 spiro atoms. The molecule has 1 aliphatic rings. The second-order valence-electron chi connectivity index (χ2n) is 8.55. The number of aliphatic carboxylic acids is 1. The number of aryl methyl sites for hydroxylation is 2. The molecule has 3 N–H and O–H groups in total. The van der Waals surface area contributed by atoms with Crippen LogP contribution in [0.3, 0.4) is 0 Å². The first-order valence-corrected chi connectivity index (χ1v) is 11.4. The fourth-order valence-corrected chi connectivity index (χ4v) is 4.25. The van der Waals surface area contributed by atoms with Crippen LogP contribution in [0.15, 0.2) is 79.1 Å². The highest BCUT2D eigenvalue weighted by atomic mass is 19.1. The average molecular weight is 483 g/mol. The van der Waals surface area contributed by atoms with Crippen LogP contribution in [0, 0.1) is 5.82 Å². The molecule has 180 valence electrons. The normalized spacial score (nSPS) is 13.8. The van der Waals surface area contributed by atoms with Gasteiger partial charge in [0.2, 0.25) is 0 Å². The number of amides is 1. The molecule has 0 saturated heterocycles. The molecule has 0 unspecified atom stereocenters. The minimum absolute atomic E-state index is 0.0369. The standard InChI is InChI=1S/C28H23FN4O3/c1-33-15-14-30-27(33)19-7-10-21(11-8-19)31-26(18-5-2-17(3-6-18)4-13-24(34)35)25-22-12-9-20(29)16-23(22)32-28(25)36/h2-3,5-12,14-16,31H,4,13H2,1H3,(H,32,36)(H,34,35). The Bertz CT molecular complexity index is 1490. The van der Waals surface area contributed by atoms with Crippen molar-refractivity contribution < 1.29 is 19.1 Å². The molecule has 0 fully saturated rings. The van der Waals surface area contributed by atoms with E-state index in [1.807, 2.05) is 66.3 Å². The van der Waals surface area contributed by atoms with Gasteiger partial charge in [0.15, 0.2) is 0 Å². The molecule has 7 nitrogen and oxygen atoms in total. The van der Waals surface area contributed by atoms with Crippen LogP contribution in [0.4, 0.5) is 15.8 Å². The van der Waals surface area contributed by atoms with Crippen LogP contribution in [0.1, 0.15) is 23.1 Å². The number of carboxylic acid groups (broad SMARTS) is 1. The van der Waals surface area contributed by atoms with E-state index in [1.54, 1.807) is 12.3 Å².